The fraction of sp³-hybridized carbons (Fsp3) is 0.250. The minimum Gasteiger partial charge on any atom is -0.145 e. The third-order valence-corrected chi connectivity index (χ3v) is 9.25. The summed E-state index contributed by atoms with van der Waals surface area (Å²) in [7, 11) is -1.40. The van der Waals surface area contributed by atoms with E-state index in [-0.39, 0.29) is 0 Å². The van der Waals surface area contributed by atoms with Gasteiger partial charge in [-0.15, -0.1) is 11.2 Å². The third kappa shape index (κ3) is 1.84. The van der Waals surface area contributed by atoms with Gasteiger partial charge in [0.2, 0.25) is 0 Å². The van der Waals surface area contributed by atoms with Crippen LogP contribution in [0.2, 0.25) is 13.1 Å². The maximum Gasteiger partial charge on any atom is 0.148 e. The van der Waals surface area contributed by atoms with Crippen LogP contribution >= 0.6 is 11.2 Å². The zero-order valence-corrected chi connectivity index (χ0v) is 13.2. The summed E-state index contributed by atoms with van der Waals surface area (Å²) >= 11 is 2.12. The monoisotopic (exact) mass is 270 g/mol. The Balaban J connectivity index is 2.31. The Morgan fingerprint density at radius 2 is 1.44 bits per heavy atom. The van der Waals surface area contributed by atoms with Crippen molar-refractivity contribution >= 4 is 23.6 Å². The van der Waals surface area contributed by atoms with E-state index in [0.29, 0.717) is 0 Å². The van der Waals surface area contributed by atoms with Crippen LogP contribution in [0.3, 0.4) is 0 Å². The Morgan fingerprint density at radius 1 is 0.833 bits per heavy atom. The molecule has 1 aliphatic heterocycles. The Bertz CT molecular complexity index is 629. The molecule has 0 atom stereocenters. The van der Waals surface area contributed by atoms with Gasteiger partial charge in [0.25, 0.3) is 0 Å². The molecular weight excluding hydrogens is 252 g/mol. The van der Waals surface area contributed by atoms with E-state index >= 15 is 0 Å². The van der Waals surface area contributed by atoms with Gasteiger partial charge in [-0.1, -0.05) is 49.0 Å². The first-order valence-corrected chi connectivity index (χ1v) is 10.9. The lowest BCUT2D eigenvalue weighted by atomic mass is 10.0. The smallest absolute Gasteiger partial charge is 0.145 e. The molecule has 0 aromatic heterocycles. The molecule has 1 heterocycles. The van der Waals surface area contributed by atoms with Crippen molar-refractivity contribution < 1.29 is 0 Å². The number of benzene rings is 2. The highest BCUT2D eigenvalue weighted by Crippen LogP contribution is 2.42. The van der Waals surface area contributed by atoms with Crippen molar-refractivity contribution in [1.29, 1.82) is 0 Å². The van der Waals surface area contributed by atoms with Gasteiger partial charge in [-0.05, 0) is 41.8 Å². The summed E-state index contributed by atoms with van der Waals surface area (Å²) in [5.41, 5.74) is 5.63. The molecule has 0 aliphatic carbocycles. The number of fused-ring (bicyclic) bond motifs is 3. The second-order valence-corrected chi connectivity index (χ2v) is 13.5. The fourth-order valence-corrected chi connectivity index (χ4v) is 8.28. The first-order valence-electron chi connectivity index (χ1n) is 6.38. The molecule has 2 heteroatoms. The quantitative estimate of drug-likeness (QED) is 0.636. The standard InChI is InChI=1S/C16H18SSi/c1-11-5-7-13-14-8-6-12(2)10-16(14)18(3,4)17-15(13)9-11/h5-10H,1-4H3. The van der Waals surface area contributed by atoms with E-state index in [0.717, 1.165) is 0 Å². The fourth-order valence-electron chi connectivity index (χ4n) is 2.66. The number of hydrogen-bond acceptors (Lipinski definition) is 1. The van der Waals surface area contributed by atoms with E-state index in [1.807, 2.05) is 0 Å². The highest BCUT2D eigenvalue weighted by molar-refractivity contribution is 8.30. The molecule has 3 rings (SSSR count). The lowest BCUT2D eigenvalue weighted by Crippen LogP contribution is -2.41. The SMILES string of the molecule is Cc1ccc2c(c1)S[Si](C)(C)c1cc(C)ccc1-2. The van der Waals surface area contributed by atoms with Crippen LogP contribution < -0.4 is 5.19 Å². The summed E-state index contributed by atoms with van der Waals surface area (Å²) in [6.07, 6.45) is 0. The van der Waals surface area contributed by atoms with E-state index in [2.05, 4.69) is 74.6 Å². The van der Waals surface area contributed by atoms with Gasteiger partial charge in [-0.3, -0.25) is 0 Å². The van der Waals surface area contributed by atoms with Crippen LogP contribution in [0.5, 0.6) is 0 Å². The van der Waals surface area contributed by atoms with Crippen molar-refractivity contribution in [1.82, 2.24) is 0 Å². The zero-order chi connectivity index (χ0) is 12.9. The van der Waals surface area contributed by atoms with Gasteiger partial charge in [0.1, 0.15) is 7.22 Å². The average molecular weight is 270 g/mol. The minimum atomic E-state index is -1.40. The highest BCUT2D eigenvalue weighted by Gasteiger charge is 2.33. The molecule has 0 amide bonds. The van der Waals surface area contributed by atoms with E-state index in [1.165, 1.54) is 27.1 Å². The van der Waals surface area contributed by atoms with Crippen molar-refractivity contribution in [3.05, 3.63) is 47.5 Å². The lowest BCUT2D eigenvalue weighted by molar-refractivity contribution is 1.36. The molecule has 0 saturated heterocycles. The summed E-state index contributed by atoms with van der Waals surface area (Å²) in [4.78, 5) is 1.48. The maximum absolute atomic E-state index is 2.46. The predicted octanol–water partition coefficient (Wildman–Crippen LogP) is 4.49. The Kier molecular flexibility index (Phi) is 2.68. The van der Waals surface area contributed by atoms with Crippen LogP contribution in [0.25, 0.3) is 11.1 Å². The molecule has 2 aromatic carbocycles. The summed E-state index contributed by atoms with van der Waals surface area (Å²) in [5.74, 6) is 0. The molecule has 0 nitrogen and oxygen atoms in total. The van der Waals surface area contributed by atoms with E-state index in [4.69, 9.17) is 0 Å². The van der Waals surface area contributed by atoms with Gasteiger partial charge in [0.15, 0.2) is 0 Å². The van der Waals surface area contributed by atoms with Gasteiger partial charge in [-0.25, -0.2) is 0 Å². The normalized spacial score (nSPS) is 16.0. The van der Waals surface area contributed by atoms with Gasteiger partial charge in [0.05, 0.1) is 0 Å². The molecule has 0 radical (unpaired) electrons. The van der Waals surface area contributed by atoms with Crippen molar-refractivity contribution in [3.8, 4) is 11.1 Å². The van der Waals surface area contributed by atoms with Crippen molar-refractivity contribution in [2.24, 2.45) is 0 Å². The summed E-state index contributed by atoms with van der Waals surface area (Å²) < 4.78 is 0. The van der Waals surface area contributed by atoms with Gasteiger partial charge >= 0.3 is 0 Å². The van der Waals surface area contributed by atoms with Crippen LogP contribution in [0.4, 0.5) is 0 Å². The van der Waals surface area contributed by atoms with Crippen molar-refractivity contribution in [2.45, 2.75) is 31.8 Å². The van der Waals surface area contributed by atoms with Crippen molar-refractivity contribution in [2.75, 3.05) is 0 Å². The van der Waals surface area contributed by atoms with Crippen LogP contribution in [0.1, 0.15) is 11.1 Å². The third-order valence-electron chi connectivity index (χ3n) is 3.62. The van der Waals surface area contributed by atoms with Crippen LogP contribution in [0.15, 0.2) is 41.3 Å². The molecule has 0 saturated carbocycles. The molecule has 92 valence electrons. The molecule has 0 unspecified atom stereocenters. The molecule has 18 heavy (non-hydrogen) atoms. The molecule has 0 N–H and O–H groups in total. The van der Waals surface area contributed by atoms with E-state index in [1.54, 1.807) is 5.19 Å². The van der Waals surface area contributed by atoms with E-state index in [9.17, 15) is 0 Å². The molecule has 0 bridgehead atoms. The van der Waals surface area contributed by atoms with Gasteiger partial charge in [0, 0.05) is 4.90 Å². The van der Waals surface area contributed by atoms with E-state index < -0.39 is 7.22 Å². The molecular formula is C16H18SSi. The number of aryl methyl sites for hydroxylation is 2. The molecule has 0 spiro atoms. The maximum atomic E-state index is 2.46. The summed E-state index contributed by atoms with van der Waals surface area (Å²) in [6.45, 7) is 9.29. The van der Waals surface area contributed by atoms with Crippen LogP contribution in [0, 0.1) is 13.8 Å². The first-order chi connectivity index (χ1) is 8.47. The topological polar surface area (TPSA) is 0 Å². The Labute approximate surface area is 114 Å². The minimum absolute atomic E-state index is 1.36. The summed E-state index contributed by atoms with van der Waals surface area (Å²) in [5, 5.41) is 1.60. The second kappa shape index (κ2) is 4.00. The number of rotatable bonds is 0. The zero-order valence-electron chi connectivity index (χ0n) is 11.4. The molecule has 0 fully saturated rings. The average Bonchev–Trinajstić information content (AvgIpc) is 2.28. The highest BCUT2D eigenvalue weighted by atomic mass is 32.4. The number of hydrogen-bond donors (Lipinski definition) is 0. The van der Waals surface area contributed by atoms with Crippen LogP contribution in [-0.4, -0.2) is 7.22 Å². The second-order valence-electron chi connectivity index (χ2n) is 5.66. The predicted molar refractivity (Wildman–Crippen MR) is 84.3 cm³/mol. The Hall–Kier alpha value is -0.993. The first kappa shape index (κ1) is 12.1. The van der Waals surface area contributed by atoms with Crippen LogP contribution in [-0.2, 0) is 0 Å². The van der Waals surface area contributed by atoms with Gasteiger partial charge < -0.3 is 0 Å². The van der Waals surface area contributed by atoms with Gasteiger partial charge in [-0.2, -0.15) is 0 Å². The molecule has 2 aromatic rings. The summed E-state index contributed by atoms with van der Waals surface area (Å²) in [6, 6.07) is 13.8. The lowest BCUT2D eigenvalue weighted by Gasteiger charge is -2.32. The molecule has 1 aliphatic rings. The largest absolute Gasteiger partial charge is 0.148 e. The van der Waals surface area contributed by atoms with Crippen molar-refractivity contribution in [3.63, 3.8) is 0 Å². The Morgan fingerprint density at radius 3 is 2.17 bits per heavy atom.